The molecule has 7 heteroatoms. The Balaban J connectivity index is 1.33. The Kier molecular flexibility index (Phi) is 5.34. The van der Waals surface area contributed by atoms with Gasteiger partial charge in [0.1, 0.15) is 11.9 Å². The van der Waals surface area contributed by atoms with E-state index in [0.29, 0.717) is 31.3 Å². The summed E-state index contributed by atoms with van der Waals surface area (Å²) in [6.45, 7) is 1.51. The van der Waals surface area contributed by atoms with E-state index < -0.39 is 0 Å². The summed E-state index contributed by atoms with van der Waals surface area (Å²) in [5, 5.41) is 2.83. The van der Waals surface area contributed by atoms with Crippen LogP contribution in [-0.2, 0) is 11.3 Å². The van der Waals surface area contributed by atoms with Crippen molar-refractivity contribution < 1.29 is 18.3 Å². The molecule has 0 radical (unpaired) electrons. The van der Waals surface area contributed by atoms with Crippen LogP contribution in [0.3, 0.4) is 0 Å². The van der Waals surface area contributed by atoms with E-state index in [1.807, 2.05) is 30.3 Å². The van der Waals surface area contributed by atoms with E-state index in [1.54, 1.807) is 23.2 Å². The summed E-state index contributed by atoms with van der Waals surface area (Å²) < 4.78 is 24.5. The van der Waals surface area contributed by atoms with E-state index in [2.05, 4.69) is 10.3 Å². The van der Waals surface area contributed by atoms with Gasteiger partial charge in [-0.2, -0.15) is 0 Å². The minimum atomic E-state index is -0.296. The third-order valence-corrected chi connectivity index (χ3v) is 4.60. The maximum absolute atomic E-state index is 13.1. The Bertz CT molecular complexity index is 928. The van der Waals surface area contributed by atoms with Crippen molar-refractivity contribution in [3.8, 4) is 11.3 Å². The van der Waals surface area contributed by atoms with Gasteiger partial charge in [-0.1, -0.05) is 42.5 Å². The highest BCUT2D eigenvalue weighted by Gasteiger charge is 2.25. The van der Waals surface area contributed by atoms with Crippen LogP contribution in [0.1, 0.15) is 17.6 Å². The van der Waals surface area contributed by atoms with E-state index in [-0.39, 0.29) is 24.5 Å². The van der Waals surface area contributed by atoms with Gasteiger partial charge in [0, 0.05) is 12.1 Å². The van der Waals surface area contributed by atoms with Crippen molar-refractivity contribution >= 4 is 6.03 Å². The van der Waals surface area contributed by atoms with Crippen molar-refractivity contribution in [2.24, 2.45) is 0 Å². The molecule has 0 unspecified atom stereocenters. The molecule has 2 aromatic carbocycles. The lowest BCUT2D eigenvalue weighted by Gasteiger charge is -2.33. The van der Waals surface area contributed by atoms with Gasteiger partial charge in [0.2, 0.25) is 5.89 Å². The molecule has 1 aliphatic heterocycles. The number of hydrogen-bond donors (Lipinski definition) is 1. The molecule has 144 valence electrons. The number of carbonyl (C=O) groups is 1. The van der Waals surface area contributed by atoms with Crippen LogP contribution in [0.4, 0.5) is 9.18 Å². The van der Waals surface area contributed by atoms with Crippen LogP contribution in [-0.4, -0.2) is 35.6 Å². The van der Waals surface area contributed by atoms with Crippen molar-refractivity contribution in [2.75, 3.05) is 19.7 Å². The Morgan fingerprint density at radius 2 is 1.96 bits per heavy atom. The van der Waals surface area contributed by atoms with E-state index in [1.165, 1.54) is 12.1 Å². The lowest BCUT2D eigenvalue weighted by atomic mass is 10.1. The molecule has 0 bridgehead atoms. The molecule has 2 amide bonds. The third-order valence-electron chi connectivity index (χ3n) is 4.60. The van der Waals surface area contributed by atoms with Crippen LogP contribution in [0.5, 0.6) is 0 Å². The first-order valence-corrected chi connectivity index (χ1v) is 9.09. The minimum Gasteiger partial charge on any atom is -0.439 e. The number of rotatable bonds is 4. The smallest absolute Gasteiger partial charge is 0.318 e. The first-order chi connectivity index (χ1) is 13.7. The quantitative estimate of drug-likeness (QED) is 0.747. The summed E-state index contributed by atoms with van der Waals surface area (Å²) in [7, 11) is 0. The van der Waals surface area contributed by atoms with Crippen molar-refractivity contribution in [3.05, 3.63) is 78.1 Å². The largest absolute Gasteiger partial charge is 0.439 e. The van der Waals surface area contributed by atoms with Crippen LogP contribution in [0.15, 0.2) is 65.2 Å². The van der Waals surface area contributed by atoms with Gasteiger partial charge < -0.3 is 19.4 Å². The fraction of sp³-hybridized carbons (Fsp3) is 0.238. The van der Waals surface area contributed by atoms with Gasteiger partial charge in [0.05, 0.1) is 25.9 Å². The molecule has 4 rings (SSSR count). The molecular weight excluding hydrogens is 361 g/mol. The highest BCUT2D eigenvalue weighted by atomic mass is 19.1. The summed E-state index contributed by atoms with van der Waals surface area (Å²) in [5.41, 5.74) is 1.78. The fourth-order valence-corrected chi connectivity index (χ4v) is 3.10. The highest BCUT2D eigenvalue weighted by molar-refractivity contribution is 5.74. The van der Waals surface area contributed by atoms with Gasteiger partial charge in [0.15, 0.2) is 5.76 Å². The maximum Gasteiger partial charge on any atom is 0.318 e. The number of morpholine rings is 1. The SMILES string of the molecule is O=C(NCc1ncc(-c2ccccc2)o1)N1CCO[C@@H](c2ccc(F)cc2)C1. The summed E-state index contributed by atoms with van der Waals surface area (Å²) >= 11 is 0. The molecular formula is C21H20FN3O3. The molecule has 3 aromatic rings. The Morgan fingerprint density at radius 1 is 1.18 bits per heavy atom. The number of nitrogens with one attached hydrogen (secondary N) is 1. The normalized spacial score (nSPS) is 16.8. The van der Waals surface area contributed by atoms with Gasteiger partial charge in [-0.05, 0) is 17.7 Å². The number of amides is 2. The van der Waals surface area contributed by atoms with Gasteiger partial charge in [0.25, 0.3) is 0 Å². The molecule has 0 saturated carbocycles. The van der Waals surface area contributed by atoms with Crippen molar-refractivity contribution in [1.29, 1.82) is 0 Å². The number of hydrogen-bond acceptors (Lipinski definition) is 4. The molecule has 2 heterocycles. The van der Waals surface area contributed by atoms with Crippen molar-refractivity contribution in [1.82, 2.24) is 15.2 Å². The van der Waals surface area contributed by atoms with Crippen LogP contribution in [0.2, 0.25) is 0 Å². The average molecular weight is 381 g/mol. The van der Waals surface area contributed by atoms with E-state index in [0.717, 1.165) is 11.1 Å². The first kappa shape index (κ1) is 18.2. The molecule has 6 nitrogen and oxygen atoms in total. The summed E-state index contributed by atoms with van der Waals surface area (Å²) in [4.78, 5) is 18.4. The number of benzene rings is 2. The number of oxazole rings is 1. The molecule has 1 N–H and O–H groups in total. The predicted molar refractivity (Wildman–Crippen MR) is 101 cm³/mol. The molecule has 0 aliphatic carbocycles. The second-order valence-corrected chi connectivity index (χ2v) is 6.50. The molecule has 28 heavy (non-hydrogen) atoms. The Labute approximate surface area is 161 Å². The number of nitrogens with zero attached hydrogens (tertiary/aromatic N) is 2. The highest BCUT2D eigenvalue weighted by Crippen LogP contribution is 2.23. The summed E-state index contributed by atoms with van der Waals surface area (Å²) in [5.74, 6) is 0.804. The monoisotopic (exact) mass is 381 g/mol. The third kappa shape index (κ3) is 4.20. The number of carbonyl (C=O) groups excluding carboxylic acids is 1. The number of ether oxygens (including phenoxy) is 1. The minimum absolute atomic E-state index is 0.199. The number of aromatic nitrogens is 1. The molecule has 1 aliphatic rings. The van der Waals surface area contributed by atoms with E-state index in [9.17, 15) is 9.18 Å². The number of halogens is 1. The van der Waals surface area contributed by atoms with Gasteiger partial charge in [-0.15, -0.1) is 0 Å². The average Bonchev–Trinajstić information content (AvgIpc) is 3.22. The van der Waals surface area contributed by atoms with Crippen molar-refractivity contribution in [2.45, 2.75) is 12.6 Å². The van der Waals surface area contributed by atoms with Gasteiger partial charge in [-0.3, -0.25) is 0 Å². The fourth-order valence-electron chi connectivity index (χ4n) is 3.10. The lowest BCUT2D eigenvalue weighted by molar-refractivity contribution is -0.0155. The maximum atomic E-state index is 13.1. The van der Waals surface area contributed by atoms with Gasteiger partial charge in [-0.25, -0.2) is 14.2 Å². The standard InChI is InChI=1S/C21H20FN3O3/c22-17-8-6-16(7-9-17)19-14-25(10-11-27-19)21(26)24-13-20-23-12-18(28-20)15-4-2-1-3-5-15/h1-9,12,19H,10-11,13-14H2,(H,24,26)/t19-/m1/s1. The molecule has 1 fully saturated rings. The van der Waals surface area contributed by atoms with Crippen LogP contribution in [0, 0.1) is 5.82 Å². The Hall–Kier alpha value is -3.19. The topological polar surface area (TPSA) is 67.6 Å². The lowest BCUT2D eigenvalue weighted by Crippen LogP contribution is -2.47. The zero-order valence-corrected chi connectivity index (χ0v) is 15.2. The zero-order valence-electron chi connectivity index (χ0n) is 15.2. The molecule has 1 aromatic heterocycles. The second-order valence-electron chi connectivity index (χ2n) is 6.50. The van der Waals surface area contributed by atoms with Crippen molar-refractivity contribution in [3.63, 3.8) is 0 Å². The van der Waals surface area contributed by atoms with E-state index in [4.69, 9.17) is 9.15 Å². The summed E-state index contributed by atoms with van der Waals surface area (Å²) in [6.07, 6.45) is 1.38. The number of urea groups is 1. The van der Waals surface area contributed by atoms with E-state index >= 15 is 0 Å². The molecule has 0 spiro atoms. The van der Waals surface area contributed by atoms with Gasteiger partial charge >= 0.3 is 6.03 Å². The zero-order chi connectivity index (χ0) is 19.3. The van der Waals surface area contributed by atoms with Crippen LogP contribution in [0.25, 0.3) is 11.3 Å². The second kappa shape index (κ2) is 8.22. The van der Waals surface area contributed by atoms with Crippen LogP contribution >= 0.6 is 0 Å². The van der Waals surface area contributed by atoms with Crippen LogP contribution < -0.4 is 5.32 Å². The Morgan fingerprint density at radius 3 is 2.75 bits per heavy atom. The summed E-state index contributed by atoms with van der Waals surface area (Å²) in [6, 6.07) is 15.6. The first-order valence-electron chi connectivity index (χ1n) is 9.09. The molecule has 1 saturated heterocycles. The molecule has 1 atom stereocenters. The predicted octanol–water partition coefficient (Wildman–Crippen LogP) is 3.76.